The molecule has 0 radical (unpaired) electrons. The van der Waals surface area contributed by atoms with Crippen molar-refractivity contribution in [2.75, 3.05) is 26.7 Å². The smallest absolute Gasteiger partial charge is 0.261 e. The van der Waals surface area contributed by atoms with Crippen LogP contribution >= 0.6 is 0 Å². The second-order valence-corrected chi connectivity index (χ2v) is 8.73. The van der Waals surface area contributed by atoms with E-state index in [1.165, 1.54) is 0 Å². The third-order valence-electron chi connectivity index (χ3n) is 6.64. The lowest BCUT2D eigenvalue weighted by atomic mass is 10.1. The molecule has 0 N–H and O–H groups in total. The summed E-state index contributed by atoms with van der Waals surface area (Å²) >= 11 is 0. The molecular weight excluding hydrogens is 416 g/mol. The standard InChI is InChI=1S/C26H32N4O3/c1-5-23(25-27-22-9-7-6-8-21(22)26(32)28(25)3)29-14-15-30(18(2)17-29)24(31)16-19-10-12-20(33-4)13-11-19/h6-13,18,23H,5,14-17H2,1-4H3. The van der Waals surface area contributed by atoms with Crippen molar-refractivity contribution in [1.29, 1.82) is 0 Å². The number of aromatic nitrogens is 2. The first-order chi connectivity index (χ1) is 15.9. The zero-order chi connectivity index (χ0) is 23.5. The zero-order valence-corrected chi connectivity index (χ0v) is 19.8. The lowest BCUT2D eigenvalue weighted by Crippen LogP contribution is -2.55. The Balaban J connectivity index is 1.49. The second-order valence-electron chi connectivity index (χ2n) is 8.73. The van der Waals surface area contributed by atoms with Crippen LogP contribution in [0.4, 0.5) is 0 Å². The van der Waals surface area contributed by atoms with E-state index in [1.54, 1.807) is 18.7 Å². The summed E-state index contributed by atoms with van der Waals surface area (Å²) in [6.45, 7) is 6.37. The number of carbonyl (C=O) groups excluding carboxylic acids is 1. The van der Waals surface area contributed by atoms with Gasteiger partial charge in [0.05, 0.1) is 30.5 Å². The first-order valence-corrected chi connectivity index (χ1v) is 11.5. The van der Waals surface area contributed by atoms with Crippen LogP contribution in [-0.4, -0.2) is 58.0 Å². The molecular formula is C26H32N4O3. The largest absolute Gasteiger partial charge is 0.497 e. The van der Waals surface area contributed by atoms with E-state index in [0.717, 1.165) is 42.2 Å². The number of nitrogens with zero attached hydrogens (tertiary/aromatic N) is 4. The maximum absolute atomic E-state index is 13.0. The van der Waals surface area contributed by atoms with Gasteiger partial charge in [0.2, 0.25) is 5.91 Å². The molecule has 4 rings (SSSR count). The van der Waals surface area contributed by atoms with Crippen LogP contribution in [0.2, 0.25) is 0 Å². The van der Waals surface area contributed by atoms with Gasteiger partial charge in [-0.05, 0) is 43.2 Å². The third-order valence-corrected chi connectivity index (χ3v) is 6.64. The van der Waals surface area contributed by atoms with Crippen LogP contribution in [-0.2, 0) is 18.3 Å². The molecule has 0 aliphatic carbocycles. The van der Waals surface area contributed by atoms with Crippen molar-refractivity contribution in [3.05, 3.63) is 70.3 Å². The molecule has 0 spiro atoms. The Morgan fingerprint density at radius 2 is 1.88 bits per heavy atom. The van der Waals surface area contributed by atoms with Crippen LogP contribution in [0, 0.1) is 0 Å². The van der Waals surface area contributed by atoms with E-state index in [2.05, 4.69) is 18.7 Å². The van der Waals surface area contributed by atoms with Gasteiger partial charge < -0.3 is 9.64 Å². The van der Waals surface area contributed by atoms with E-state index >= 15 is 0 Å². The molecule has 1 aliphatic heterocycles. The Labute approximate surface area is 194 Å². The topological polar surface area (TPSA) is 67.7 Å². The molecule has 1 aromatic heterocycles. The molecule has 7 nitrogen and oxygen atoms in total. The van der Waals surface area contributed by atoms with E-state index in [4.69, 9.17) is 9.72 Å². The summed E-state index contributed by atoms with van der Waals surface area (Å²) < 4.78 is 6.88. The maximum Gasteiger partial charge on any atom is 0.261 e. The summed E-state index contributed by atoms with van der Waals surface area (Å²) in [6, 6.07) is 15.3. The predicted octanol–water partition coefficient (Wildman–Crippen LogP) is 3.17. The molecule has 1 aliphatic rings. The van der Waals surface area contributed by atoms with Gasteiger partial charge in [0.15, 0.2) is 0 Å². The number of carbonyl (C=O) groups is 1. The summed E-state index contributed by atoms with van der Waals surface area (Å²) in [6.07, 6.45) is 1.22. The fourth-order valence-electron chi connectivity index (χ4n) is 4.80. The molecule has 2 atom stereocenters. The first kappa shape index (κ1) is 23.0. The fraction of sp³-hybridized carbons (Fsp3) is 0.423. The minimum Gasteiger partial charge on any atom is -0.497 e. The lowest BCUT2D eigenvalue weighted by Gasteiger charge is -2.43. The Morgan fingerprint density at radius 1 is 1.15 bits per heavy atom. The van der Waals surface area contributed by atoms with Gasteiger partial charge in [-0.1, -0.05) is 31.2 Å². The van der Waals surface area contributed by atoms with Gasteiger partial charge in [-0.2, -0.15) is 0 Å². The summed E-state index contributed by atoms with van der Waals surface area (Å²) in [4.78, 5) is 35.1. The number of amides is 1. The fourth-order valence-corrected chi connectivity index (χ4v) is 4.80. The first-order valence-electron chi connectivity index (χ1n) is 11.5. The summed E-state index contributed by atoms with van der Waals surface area (Å²) in [5.74, 6) is 1.71. The number of hydrogen-bond donors (Lipinski definition) is 0. The molecule has 0 saturated carbocycles. The number of fused-ring (bicyclic) bond motifs is 1. The molecule has 3 aromatic rings. The summed E-state index contributed by atoms with van der Waals surface area (Å²) in [5, 5.41) is 0.640. The number of piperazine rings is 1. The van der Waals surface area contributed by atoms with Crippen molar-refractivity contribution in [3.8, 4) is 5.75 Å². The molecule has 2 heterocycles. The van der Waals surface area contributed by atoms with Gasteiger partial charge in [-0.3, -0.25) is 19.1 Å². The average molecular weight is 449 g/mol. The SMILES string of the molecule is CCC(c1nc2ccccc2c(=O)n1C)N1CCN(C(=O)Cc2ccc(OC)cc2)C(C)C1. The van der Waals surface area contributed by atoms with E-state index in [-0.39, 0.29) is 23.6 Å². The number of rotatable bonds is 6. The number of ether oxygens (including phenoxy) is 1. The van der Waals surface area contributed by atoms with E-state index in [9.17, 15) is 9.59 Å². The Bertz CT molecular complexity index is 1190. The van der Waals surface area contributed by atoms with Crippen LogP contribution in [0.5, 0.6) is 5.75 Å². The van der Waals surface area contributed by atoms with Gasteiger partial charge in [-0.25, -0.2) is 4.98 Å². The monoisotopic (exact) mass is 448 g/mol. The molecule has 2 unspecified atom stereocenters. The summed E-state index contributed by atoms with van der Waals surface area (Å²) in [5.41, 5.74) is 1.70. The van der Waals surface area contributed by atoms with Crippen molar-refractivity contribution >= 4 is 16.8 Å². The molecule has 1 amide bonds. The van der Waals surface area contributed by atoms with E-state index in [1.807, 2.05) is 53.4 Å². The predicted molar refractivity (Wildman–Crippen MR) is 129 cm³/mol. The number of para-hydroxylation sites is 1. The van der Waals surface area contributed by atoms with Crippen molar-refractivity contribution in [2.45, 2.75) is 38.8 Å². The minimum absolute atomic E-state index is 0.0181. The van der Waals surface area contributed by atoms with Gasteiger partial charge in [-0.15, -0.1) is 0 Å². The van der Waals surface area contributed by atoms with Crippen LogP contribution in [0.15, 0.2) is 53.3 Å². The number of hydrogen-bond acceptors (Lipinski definition) is 5. The Kier molecular flexibility index (Phi) is 6.79. The van der Waals surface area contributed by atoms with Gasteiger partial charge in [0.1, 0.15) is 11.6 Å². The number of methoxy groups -OCH3 is 1. The Hall–Kier alpha value is -3.19. The quantitative estimate of drug-likeness (QED) is 0.580. The highest BCUT2D eigenvalue weighted by molar-refractivity contribution is 5.79. The molecule has 0 bridgehead atoms. The molecule has 1 fully saturated rings. The highest BCUT2D eigenvalue weighted by Gasteiger charge is 2.32. The molecule has 33 heavy (non-hydrogen) atoms. The maximum atomic E-state index is 13.0. The normalized spacial score (nSPS) is 17.8. The van der Waals surface area contributed by atoms with Crippen LogP contribution in [0.25, 0.3) is 10.9 Å². The molecule has 7 heteroatoms. The van der Waals surface area contributed by atoms with Crippen molar-refractivity contribution in [2.24, 2.45) is 7.05 Å². The van der Waals surface area contributed by atoms with Gasteiger partial charge in [0, 0.05) is 32.7 Å². The molecule has 174 valence electrons. The molecule has 1 saturated heterocycles. The van der Waals surface area contributed by atoms with Crippen molar-refractivity contribution in [3.63, 3.8) is 0 Å². The van der Waals surface area contributed by atoms with E-state index < -0.39 is 0 Å². The highest BCUT2D eigenvalue weighted by Crippen LogP contribution is 2.26. The Morgan fingerprint density at radius 3 is 2.55 bits per heavy atom. The third kappa shape index (κ3) is 4.64. The minimum atomic E-state index is -0.0181. The van der Waals surface area contributed by atoms with Gasteiger partial charge >= 0.3 is 0 Å². The molecule has 2 aromatic carbocycles. The van der Waals surface area contributed by atoms with Crippen LogP contribution < -0.4 is 10.3 Å². The highest BCUT2D eigenvalue weighted by atomic mass is 16.5. The zero-order valence-electron chi connectivity index (χ0n) is 19.8. The van der Waals surface area contributed by atoms with Gasteiger partial charge in [0.25, 0.3) is 5.56 Å². The average Bonchev–Trinajstić information content (AvgIpc) is 2.83. The van der Waals surface area contributed by atoms with Crippen LogP contribution in [0.1, 0.15) is 37.7 Å². The van der Waals surface area contributed by atoms with Crippen LogP contribution in [0.3, 0.4) is 0 Å². The van der Waals surface area contributed by atoms with E-state index in [0.29, 0.717) is 18.4 Å². The lowest BCUT2D eigenvalue weighted by molar-refractivity contribution is -0.135. The number of benzene rings is 2. The second kappa shape index (κ2) is 9.75. The summed E-state index contributed by atoms with van der Waals surface area (Å²) in [7, 11) is 3.44. The van der Waals surface area contributed by atoms with Crippen molar-refractivity contribution in [1.82, 2.24) is 19.4 Å². The van der Waals surface area contributed by atoms with Crippen molar-refractivity contribution < 1.29 is 9.53 Å².